The highest BCUT2D eigenvalue weighted by Crippen LogP contribution is 2.16. The average molecular weight is 476 g/mol. The topological polar surface area (TPSA) is 69.7 Å². The number of rotatable bonds is 8. The van der Waals surface area contributed by atoms with Gasteiger partial charge in [0.25, 0.3) is 5.91 Å². The molecule has 1 amide bonds. The van der Waals surface area contributed by atoms with Gasteiger partial charge in [0.05, 0.1) is 4.90 Å². The molecule has 0 atom stereocenters. The van der Waals surface area contributed by atoms with Crippen LogP contribution in [0, 0.1) is 0 Å². The Morgan fingerprint density at radius 3 is 2.16 bits per heavy atom. The third-order valence-electron chi connectivity index (χ3n) is 5.34. The van der Waals surface area contributed by atoms with Crippen LogP contribution in [0.25, 0.3) is 0 Å². The van der Waals surface area contributed by atoms with E-state index >= 15 is 0 Å². The number of thiophene rings is 2. The number of nitrogens with one attached hydrogen (secondary N) is 1. The molecule has 4 rings (SSSR count). The summed E-state index contributed by atoms with van der Waals surface area (Å²) in [5.74, 6) is -0.0478. The normalized spacial score (nSPS) is 15.3. The molecule has 0 radical (unpaired) electrons. The van der Waals surface area contributed by atoms with Crippen molar-refractivity contribution in [2.24, 2.45) is 0 Å². The quantitative estimate of drug-likeness (QED) is 0.543. The fourth-order valence-corrected chi connectivity index (χ4v) is 5.96. The summed E-state index contributed by atoms with van der Waals surface area (Å²) in [6.07, 6.45) is 1.04. The van der Waals surface area contributed by atoms with Gasteiger partial charge in [0.2, 0.25) is 10.0 Å². The van der Waals surface area contributed by atoms with Crippen LogP contribution in [-0.4, -0.2) is 56.8 Å². The van der Waals surface area contributed by atoms with Crippen molar-refractivity contribution in [3.8, 4) is 0 Å². The number of hydrogen-bond donors (Lipinski definition) is 1. The molecular formula is C22H25N3O3S3. The number of hydrogen-bond acceptors (Lipinski definition) is 6. The first-order valence-electron chi connectivity index (χ1n) is 10.2. The second kappa shape index (κ2) is 10.1. The highest BCUT2D eigenvalue weighted by Gasteiger charge is 2.23. The van der Waals surface area contributed by atoms with E-state index in [9.17, 15) is 13.2 Å². The van der Waals surface area contributed by atoms with Crippen LogP contribution in [0.4, 0.5) is 0 Å². The zero-order chi connectivity index (χ0) is 21.7. The molecule has 0 bridgehead atoms. The van der Waals surface area contributed by atoms with Gasteiger partial charge in [-0.15, -0.1) is 22.7 Å². The van der Waals surface area contributed by atoms with Crippen LogP contribution in [0.5, 0.6) is 0 Å². The van der Waals surface area contributed by atoms with E-state index in [-0.39, 0.29) is 17.3 Å². The Kier molecular flexibility index (Phi) is 7.19. The summed E-state index contributed by atoms with van der Waals surface area (Å²) < 4.78 is 27.6. The molecule has 1 saturated heterocycles. The number of carbonyl (C=O) groups is 1. The van der Waals surface area contributed by atoms with Gasteiger partial charge in [0.1, 0.15) is 0 Å². The van der Waals surface area contributed by atoms with E-state index < -0.39 is 10.0 Å². The van der Waals surface area contributed by atoms with Crippen molar-refractivity contribution in [3.63, 3.8) is 0 Å². The molecule has 1 aromatic carbocycles. The summed E-state index contributed by atoms with van der Waals surface area (Å²) >= 11 is 3.28. The predicted molar refractivity (Wildman–Crippen MR) is 125 cm³/mol. The van der Waals surface area contributed by atoms with Crippen molar-refractivity contribution in [2.75, 3.05) is 32.7 Å². The van der Waals surface area contributed by atoms with Gasteiger partial charge < -0.3 is 4.90 Å². The van der Waals surface area contributed by atoms with E-state index in [4.69, 9.17) is 0 Å². The monoisotopic (exact) mass is 475 g/mol. The van der Waals surface area contributed by atoms with Gasteiger partial charge in [0.15, 0.2) is 0 Å². The average Bonchev–Trinajstić information content (AvgIpc) is 3.51. The molecular weight excluding hydrogens is 450 g/mol. The summed E-state index contributed by atoms with van der Waals surface area (Å²) in [5, 5.41) is 4.01. The summed E-state index contributed by atoms with van der Waals surface area (Å²) in [4.78, 5) is 19.6. The largest absolute Gasteiger partial charge is 0.336 e. The molecule has 1 aliphatic heterocycles. The lowest BCUT2D eigenvalue weighted by atomic mass is 10.2. The third-order valence-corrected chi connectivity index (χ3v) is 8.57. The smallest absolute Gasteiger partial charge is 0.253 e. The molecule has 3 heterocycles. The lowest BCUT2D eigenvalue weighted by Crippen LogP contribution is -2.49. The van der Waals surface area contributed by atoms with Gasteiger partial charge in [-0.3, -0.25) is 9.69 Å². The zero-order valence-electron chi connectivity index (χ0n) is 17.1. The van der Waals surface area contributed by atoms with E-state index in [1.165, 1.54) is 28.3 Å². The molecule has 31 heavy (non-hydrogen) atoms. The standard InChI is InChI=1S/C22H25N3O3S3/c26-22(25-13-11-24(12-14-25)10-9-19-3-1-15-29-19)18-5-7-21(8-6-18)31(27,28)23-17-20-4-2-16-30-20/h1-8,15-16,23H,9-14,17H2. The van der Waals surface area contributed by atoms with Gasteiger partial charge >= 0.3 is 0 Å². The highest BCUT2D eigenvalue weighted by molar-refractivity contribution is 7.89. The van der Waals surface area contributed by atoms with E-state index in [2.05, 4.69) is 27.1 Å². The molecule has 6 nitrogen and oxygen atoms in total. The molecule has 0 unspecified atom stereocenters. The Bertz CT molecular complexity index is 1070. The predicted octanol–water partition coefficient (Wildman–Crippen LogP) is 3.29. The van der Waals surface area contributed by atoms with Crippen LogP contribution in [0.1, 0.15) is 20.1 Å². The first-order chi connectivity index (χ1) is 15.0. The lowest BCUT2D eigenvalue weighted by molar-refractivity contribution is 0.0638. The maximum absolute atomic E-state index is 12.8. The molecule has 2 aromatic heterocycles. The molecule has 164 valence electrons. The Morgan fingerprint density at radius 1 is 0.903 bits per heavy atom. The Morgan fingerprint density at radius 2 is 1.55 bits per heavy atom. The maximum atomic E-state index is 12.8. The summed E-state index contributed by atoms with van der Waals surface area (Å²) in [6.45, 7) is 4.36. The fourth-order valence-electron chi connectivity index (χ4n) is 3.52. The van der Waals surface area contributed by atoms with Crippen LogP contribution >= 0.6 is 22.7 Å². The van der Waals surface area contributed by atoms with Gasteiger partial charge in [-0.2, -0.15) is 0 Å². The van der Waals surface area contributed by atoms with Crippen molar-refractivity contribution in [2.45, 2.75) is 17.9 Å². The second-order valence-corrected chi connectivity index (χ2v) is 11.2. The number of amides is 1. The van der Waals surface area contributed by atoms with Crippen molar-refractivity contribution in [1.29, 1.82) is 0 Å². The minimum Gasteiger partial charge on any atom is -0.336 e. The first kappa shape index (κ1) is 22.2. The van der Waals surface area contributed by atoms with E-state index in [0.29, 0.717) is 18.7 Å². The highest BCUT2D eigenvalue weighted by atomic mass is 32.2. The first-order valence-corrected chi connectivity index (χ1v) is 13.4. The lowest BCUT2D eigenvalue weighted by Gasteiger charge is -2.34. The minimum atomic E-state index is -3.61. The number of benzene rings is 1. The molecule has 1 fully saturated rings. The van der Waals surface area contributed by atoms with Gasteiger partial charge in [-0.05, 0) is 53.6 Å². The fraction of sp³-hybridized carbons (Fsp3) is 0.318. The van der Waals surface area contributed by atoms with Crippen molar-refractivity contribution >= 4 is 38.6 Å². The Labute approximate surface area is 191 Å². The SMILES string of the molecule is O=C(c1ccc(S(=O)(=O)NCc2cccs2)cc1)N1CCN(CCc2cccs2)CC1. The van der Waals surface area contributed by atoms with Gasteiger partial charge in [0, 0.05) is 54.6 Å². The minimum absolute atomic E-state index is 0.0478. The number of sulfonamides is 1. The third kappa shape index (κ3) is 5.81. The van der Waals surface area contributed by atoms with E-state index in [1.807, 2.05) is 22.4 Å². The number of carbonyl (C=O) groups excluding carboxylic acids is 1. The van der Waals surface area contributed by atoms with Gasteiger partial charge in [-0.1, -0.05) is 12.1 Å². The Balaban J connectivity index is 1.29. The van der Waals surface area contributed by atoms with Crippen LogP contribution in [0.3, 0.4) is 0 Å². The molecule has 0 aliphatic carbocycles. The molecule has 0 spiro atoms. The van der Waals surface area contributed by atoms with E-state index in [1.54, 1.807) is 23.5 Å². The Hall–Kier alpha value is -2.04. The molecule has 3 aromatic rings. The van der Waals surface area contributed by atoms with Crippen molar-refractivity contribution < 1.29 is 13.2 Å². The van der Waals surface area contributed by atoms with Crippen LogP contribution < -0.4 is 4.72 Å². The van der Waals surface area contributed by atoms with Crippen LogP contribution in [0.2, 0.25) is 0 Å². The summed E-state index contributed by atoms with van der Waals surface area (Å²) in [5.41, 5.74) is 0.518. The molecule has 0 saturated carbocycles. The number of piperazine rings is 1. The maximum Gasteiger partial charge on any atom is 0.253 e. The second-order valence-electron chi connectivity index (χ2n) is 7.39. The van der Waals surface area contributed by atoms with E-state index in [0.717, 1.165) is 30.9 Å². The van der Waals surface area contributed by atoms with Gasteiger partial charge in [-0.25, -0.2) is 13.1 Å². The zero-order valence-corrected chi connectivity index (χ0v) is 19.5. The molecule has 1 N–H and O–H groups in total. The van der Waals surface area contributed by atoms with Crippen molar-refractivity contribution in [3.05, 3.63) is 74.6 Å². The van der Waals surface area contributed by atoms with Crippen LogP contribution in [-0.2, 0) is 23.0 Å². The molecule has 1 aliphatic rings. The number of nitrogens with zero attached hydrogens (tertiary/aromatic N) is 2. The summed E-state index contributed by atoms with van der Waals surface area (Å²) in [7, 11) is -3.61. The molecule has 9 heteroatoms. The van der Waals surface area contributed by atoms with Crippen molar-refractivity contribution in [1.82, 2.24) is 14.5 Å². The summed E-state index contributed by atoms with van der Waals surface area (Å²) in [6, 6.07) is 14.2. The van der Waals surface area contributed by atoms with Crippen LogP contribution in [0.15, 0.2) is 64.2 Å².